The molecule has 0 saturated heterocycles. The summed E-state index contributed by atoms with van der Waals surface area (Å²) >= 11 is 11.9. The van der Waals surface area contributed by atoms with E-state index in [-0.39, 0.29) is 36.1 Å². The number of halogens is 2. The van der Waals surface area contributed by atoms with Crippen molar-refractivity contribution in [2.75, 3.05) is 46.2 Å². The van der Waals surface area contributed by atoms with Gasteiger partial charge in [-0.3, -0.25) is 4.79 Å². The van der Waals surface area contributed by atoms with Crippen LogP contribution in [0.5, 0.6) is 11.6 Å². The number of carboxylic acids is 1. The molecule has 158 valence electrons. The van der Waals surface area contributed by atoms with E-state index >= 15 is 0 Å². The van der Waals surface area contributed by atoms with Crippen molar-refractivity contribution in [2.24, 2.45) is 0 Å². The molecule has 1 atom stereocenters. The molecule has 0 spiro atoms. The normalized spacial score (nSPS) is 12.3. The van der Waals surface area contributed by atoms with Gasteiger partial charge in [0, 0.05) is 11.1 Å². The maximum atomic E-state index is 11.2. The van der Waals surface area contributed by atoms with Gasteiger partial charge in [-0.1, -0.05) is 23.2 Å². The number of aliphatic carboxylic acids is 1. The Morgan fingerprint density at radius 1 is 1.14 bits per heavy atom. The van der Waals surface area contributed by atoms with Gasteiger partial charge in [0.25, 0.3) is 0 Å². The van der Waals surface area contributed by atoms with Crippen LogP contribution in [0.3, 0.4) is 0 Å². The summed E-state index contributed by atoms with van der Waals surface area (Å²) in [5, 5.41) is 13.0. The average molecular weight is 444 g/mol. The molecule has 8 nitrogen and oxygen atoms in total. The van der Waals surface area contributed by atoms with E-state index in [1.165, 1.54) is 6.07 Å². The van der Waals surface area contributed by atoms with Crippen LogP contribution in [0.15, 0.2) is 30.3 Å². The Hall–Kier alpha value is -2.29. The lowest BCUT2D eigenvalue weighted by molar-refractivity contribution is -0.870. The fourth-order valence-electron chi connectivity index (χ4n) is 2.59. The number of carbonyl (C=O) groups is 1. The highest BCUT2D eigenvalue weighted by Gasteiger charge is 2.22. The van der Waals surface area contributed by atoms with E-state index in [1.807, 2.05) is 21.1 Å². The van der Waals surface area contributed by atoms with Crippen molar-refractivity contribution in [3.8, 4) is 11.6 Å². The molecule has 0 aliphatic carbocycles. The Balaban J connectivity index is 1.94. The van der Waals surface area contributed by atoms with Crippen LogP contribution >= 0.6 is 23.2 Å². The number of rotatable bonds is 11. The van der Waals surface area contributed by atoms with Gasteiger partial charge in [0.1, 0.15) is 24.1 Å². The third kappa shape index (κ3) is 9.17. The van der Waals surface area contributed by atoms with Gasteiger partial charge in [0.2, 0.25) is 11.8 Å². The summed E-state index contributed by atoms with van der Waals surface area (Å²) in [6, 6.07) is 8.13. The average Bonchev–Trinajstić information content (AvgIpc) is 2.57. The van der Waals surface area contributed by atoms with Crippen LogP contribution < -0.4 is 14.8 Å². The molecule has 10 heteroatoms. The fraction of sp³-hybridized carbons (Fsp3) is 0.421. The lowest BCUT2D eigenvalue weighted by Gasteiger charge is -2.29. The van der Waals surface area contributed by atoms with Gasteiger partial charge >= 0.3 is 5.97 Å². The van der Waals surface area contributed by atoms with Gasteiger partial charge in [-0.2, -0.15) is 4.98 Å². The minimum Gasteiger partial charge on any atom is -0.490 e. The van der Waals surface area contributed by atoms with Crippen LogP contribution in [-0.4, -0.2) is 72.5 Å². The summed E-state index contributed by atoms with van der Waals surface area (Å²) in [7, 11) is 5.93. The monoisotopic (exact) mass is 443 g/mol. The zero-order valence-corrected chi connectivity index (χ0v) is 18.1. The molecular weight excluding hydrogens is 419 g/mol. The number of hydrogen-bond acceptors (Lipinski definition) is 6. The van der Waals surface area contributed by atoms with Crippen LogP contribution in [0, 0.1) is 0 Å². The summed E-state index contributed by atoms with van der Waals surface area (Å²) in [5.41, 5.74) is 0. The molecule has 0 aliphatic rings. The smallest absolute Gasteiger partial charge is 0.305 e. The Morgan fingerprint density at radius 2 is 1.79 bits per heavy atom. The molecule has 0 bridgehead atoms. The summed E-state index contributed by atoms with van der Waals surface area (Å²) in [6.07, 6.45) is -0.0729. The van der Waals surface area contributed by atoms with E-state index in [0.717, 1.165) is 0 Å². The number of aromatic nitrogens is 2. The topological polar surface area (TPSA) is 93.6 Å². The van der Waals surface area contributed by atoms with Crippen molar-refractivity contribution in [1.29, 1.82) is 0 Å². The van der Waals surface area contributed by atoms with Crippen molar-refractivity contribution >= 4 is 35.1 Å². The maximum absolute atomic E-state index is 11.2. The molecule has 0 radical (unpaired) electrons. The molecule has 1 aromatic carbocycles. The van der Waals surface area contributed by atoms with Gasteiger partial charge in [0.05, 0.1) is 40.2 Å². The summed E-state index contributed by atoms with van der Waals surface area (Å²) < 4.78 is 11.7. The first-order valence-electron chi connectivity index (χ1n) is 8.95. The Morgan fingerprint density at radius 3 is 2.41 bits per heavy atom. The fourth-order valence-corrected chi connectivity index (χ4v) is 2.89. The number of carboxylic acid groups (broad SMARTS) is 1. The number of benzene rings is 1. The van der Waals surface area contributed by atoms with E-state index in [0.29, 0.717) is 28.4 Å². The lowest BCUT2D eigenvalue weighted by atomic mass is 10.2. The zero-order chi connectivity index (χ0) is 21.4. The molecule has 1 unspecified atom stereocenters. The lowest BCUT2D eigenvalue weighted by Crippen LogP contribution is -2.45. The second-order valence-corrected chi connectivity index (χ2v) is 8.24. The van der Waals surface area contributed by atoms with E-state index in [1.54, 1.807) is 24.3 Å². The van der Waals surface area contributed by atoms with Gasteiger partial charge in [-0.05, 0) is 24.3 Å². The van der Waals surface area contributed by atoms with Crippen LogP contribution in [0.1, 0.15) is 6.42 Å². The number of nitrogens with one attached hydrogen (secondary N) is 1. The maximum Gasteiger partial charge on any atom is 0.305 e. The summed E-state index contributed by atoms with van der Waals surface area (Å²) in [6.45, 7) is 1.11. The van der Waals surface area contributed by atoms with Crippen molar-refractivity contribution < 1.29 is 23.9 Å². The van der Waals surface area contributed by atoms with Crippen LogP contribution in [0.25, 0.3) is 0 Å². The Kier molecular flexibility index (Phi) is 8.31. The molecule has 2 rings (SSSR count). The predicted molar refractivity (Wildman–Crippen MR) is 112 cm³/mol. The van der Waals surface area contributed by atoms with Crippen molar-refractivity contribution in [3.05, 3.63) is 40.5 Å². The van der Waals surface area contributed by atoms with E-state index < -0.39 is 5.97 Å². The number of anilines is 1. The highest BCUT2D eigenvalue weighted by Crippen LogP contribution is 2.18. The van der Waals surface area contributed by atoms with E-state index in [4.69, 9.17) is 37.8 Å². The van der Waals surface area contributed by atoms with Gasteiger partial charge < -0.3 is 24.4 Å². The van der Waals surface area contributed by atoms with E-state index in [2.05, 4.69) is 15.3 Å². The molecule has 29 heavy (non-hydrogen) atoms. The standard InChI is InChI=1S/C19H24Cl2N4O4/c1-25(2,3)12-14(10-18(26)27)22-19-23-16(21)11-17(24-19)29-9-8-28-15-6-4-13(20)5-7-15/h4-7,11,14H,8-10,12H2,1-3H3,(H-,22,23,24,26,27)/p+1. The quantitative estimate of drug-likeness (QED) is 0.312. The van der Waals surface area contributed by atoms with Crippen molar-refractivity contribution in [1.82, 2.24) is 9.97 Å². The zero-order valence-electron chi connectivity index (χ0n) is 16.6. The Labute approximate surface area is 180 Å². The third-order valence-electron chi connectivity index (χ3n) is 3.61. The molecule has 2 aromatic rings. The van der Waals surface area contributed by atoms with Gasteiger partial charge in [-0.25, -0.2) is 4.98 Å². The molecule has 1 heterocycles. The number of likely N-dealkylation sites (N-methyl/N-ethyl adjacent to an activating group) is 1. The molecule has 2 N–H and O–H groups in total. The highest BCUT2D eigenvalue weighted by atomic mass is 35.5. The number of ether oxygens (including phenoxy) is 2. The largest absolute Gasteiger partial charge is 0.490 e. The molecule has 0 saturated carbocycles. The number of quaternary nitrogens is 1. The number of hydrogen-bond donors (Lipinski definition) is 2. The second kappa shape index (κ2) is 10.5. The first kappa shape index (κ1) is 23.0. The van der Waals surface area contributed by atoms with Crippen molar-refractivity contribution in [2.45, 2.75) is 12.5 Å². The molecular formula is C19H25Cl2N4O4+. The van der Waals surface area contributed by atoms with E-state index in [9.17, 15) is 4.79 Å². The van der Waals surface area contributed by atoms with Crippen LogP contribution in [0.2, 0.25) is 10.2 Å². The minimum atomic E-state index is -0.909. The Bertz CT molecular complexity index is 813. The first-order chi connectivity index (χ1) is 13.6. The van der Waals surface area contributed by atoms with Crippen LogP contribution in [0.4, 0.5) is 5.95 Å². The predicted octanol–water partition coefficient (Wildman–Crippen LogP) is 3.20. The SMILES string of the molecule is C[N+](C)(C)CC(CC(=O)O)Nc1nc(Cl)cc(OCCOc2ccc(Cl)cc2)n1. The third-order valence-corrected chi connectivity index (χ3v) is 4.05. The highest BCUT2D eigenvalue weighted by molar-refractivity contribution is 6.30. The minimum absolute atomic E-state index is 0.0729. The molecule has 0 fully saturated rings. The molecule has 1 aromatic heterocycles. The van der Waals surface area contributed by atoms with Gasteiger partial charge in [-0.15, -0.1) is 0 Å². The van der Waals surface area contributed by atoms with Crippen LogP contribution in [-0.2, 0) is 4.79 Å². The van der Waals surface area contributed by atoms with Gasteiger partial charge in [0.15, 0.2) is 0 Å². The molecule has 0 aliphatic heterocycles. The number of nitrogens with zero attached hydrogens (tertiary/aromatic N) is 3. The summed E-state index contributed by atoms with van der Waals surface area (Å²) in [5.74, 6) is 0.254. The summed E-state index contributed by atoms with van der Waals surface area (Å²) in [4.78, 5) is 19.5. The second-order valence-electron chi connectivity index (χ2n) is 7.42. The first-order valence-corrected chi connectivity index (χ1v) is 9.71. The van der Waals surface area contributed by atoms with Crippen molar-refractivity contribution in [3.63, 3.8) is 0 Å². The molecule has 0 amide bonds.